The summed E-state index contributed by atoms with van der Waals surface area (Å²) in [5.74, 6) is 0. The van der Waals surface area contributed by atoms with E-state index in [0.717, 1.165) is 26.1 Å². The lowest BCUT2D eigenvalue weighted by molar-refractivity contribution is -0.0195. The zero-order valence-electron chi connectivity index (χ0n) is 8.14. The average molecular weight is 160 g/mol. The summed E-state index contributed by atoms with van der Waals surface area (Å²) in [4.78, 5) is 0. The standard InChI is InChI=1S/C7H14O2.C2H6/c1-3-7(8-2)4-5-9-6-7;1-2/h3-6H2,1-2H3;1-2H3. The van der Waals surface area contributed by atoms with Crippen molar-refractivity contribution in [3.05, 3.63) is 0 Å². The van der Waals surface area contributed by atoms with Gasteiger partial charge < -0.3 is 9.47 Å². The molecule has 1 aliphatic heterocycles. The Morgan fingerprint density at radius 3 is 2.27 bits per heavy atom. The summed E-state index contributed by atoms with van der Waals surface area (Å²) in [5.41, 5.74) is 0.0556. The molecule has 1 unspecified atom stereocenters. The fourth-order valence-corrected chi connectivity index (χ4v) is 1.17. The van der Waals surface area contributed by atoms with Gasteiger partial charge >= 0.3 is 0 Å². The van der Waals surface area contributed by atoms with Gasteiger partial charge in [0, 0.05) is 20.1 Å². The van der Waals surface area contributed by atoms with Gasteiger partial charge in [-0.05, 0) is 6.42 Å². The van der Waals surface area contributed by atoms with Crippen LogP contribution in [0.15, 0.2) is 0 Å². The van der Waals surface area contributed by atoms with Gasteiger partial charge in [-0.15, -0.1) is 0 Å². The number of ether oxygens (including phenoxy) is 2. The molecule has 1 heterocycles. The van der Waals surface area contributed by atoms with Gasteiger partial charge in [-0.3, -0.25) is 0 Å². The molecule has 0 aromatic heterocycles. The lowest BCUT2D eigenvalue weighted by atomic mass is 10.0. The Kier molecular flexibility index (Phi) is 5.51. The fraction of sp³-hybridized carbons (Fsp3) is 1.00. The Balaban J connectivity index is 0.000000461. The number of methoxy groups -OCH3 is 1. The summed E-state index contributed by atoms with van der Waals surface area (Å²) in [6.07, 6.45) is 2.11. The summed E-state index contributed by atoms with van der Waals surface area (Å²) in [7, 11) is 1.76. The average Bonchev–Trinajstić information content (AvgIpc) is 2.57. The molecule has 0 radical (unpaired) electrons. The maximum atomic E-state index is 5.32. The van der Waals surface area contributed by atoms with Crippen molar-refractivity contribution in [3.8, 4) is 0 Å². The molecule has 0 aliphatic carbocycles. The van der Waals surface area contributed by atoms with E-state index in [1.54, 1.807) is 7.11 Å². The summed E-state index contributed by atoms with van der Waals surface area (Å²) in [5, 5.41) is 0. The highest BCUT2D eigenvalue weighted by Gasteiger charge is 2.32. The summed E-state index contributed by atoms with van der Waals surface area (Å²) in [6.45, 7) is 7.78. The van der Waals surface area contributed by atoms with Crippen molar-refractivity contribution in [2.45, 2.75) is 39.2 Å². The zero-order valence-corrected chi connectivity index (χ0v) is 8.14. The van der Waals surface area contributed by atoms with Crippen molar-refractivity contribution in [3.63, 3.8) is 0 Å². The van der Waals surface area contributed by atoms with Gasteiger partial charge in [0.25, 0.3) is 0 Å². The number of rotatable bonds is 2. The quantitative estimate of drug-likeness (QED) is 0.616. The lowest BCUT2D eigenvalue weighted by Crippen LogP contribution is -2.30. The van der Waals surface area contributed by atoms with Crippen LogP contribution in [-0.4, -0.2) is 25.9 Å². The molecule has 0 saturated carbocycles. The first-order chi connectivity index (χ1) is 5.33. The fourth-order valence-electron chi connectivity index (χ4n) is 1.17. The second kappa shape index (κ2) is 5.56. The normalized spacial score (nSPS) is 29.5. The Morgan fingerprint density at radius 2 is 2.09 bits per heavy atom. The molecule has 2 nitrogen and oxygen atoms in total. The van der Waals surface area contributed by atoms with Crippen LogP contribution in [-0.2, 0) is 9.47 Å². The van der Waals surface area contributed by atoms with Crippen LogP contribution < -0.4 is 0 Å². The molecule has 0 amide bonds. The zero-order chi connectivity index (χ0) is 8.74. The molecule has 1 rings (SSSR count). The minimum Gasteiger partial charge on any atom is -0.378 e. The molecule has 0 N–H and O–H groups in total. The van der Waals surface area contributed by atoms with Crippen LogP contribution in [0.4, 0.5) is 0 Å². The maximum Gasteiger partial charge on any atom is 0.0930 e. The molecular formula is C9H20O2. The third-order valence-electron chi connectivity index (χ3n) is 2.14. The van der Waals surface area contributed by atoms with E-state index < -0.39 is 0 Å². The summed E-state index contributed by atoms with van der Waals surface area (Å²) < 4.78 is 10.5. The van der Waals surface area contributed by atoms with Crippen LogP contribution >= 0.6 is 0 Å². The predicted molar refractivity (Wildman–Crippen MR) is 46.8 cm³/mol. The third kappa shape index (κ3) is 2.80. The second-order valence-electron chi connectivity index (χ2n) is 2.54. The highest BCUT2D eigenvalue weighted by atomic mass is 16.5. The molecule has 1 fully saturated rings. The molecule has 11 heavy (non-hydrogen) atoms. The van der Waals surface area contributed by atoms with E-state index >= 15 is 0 Å². The van der Waals surface area contributed by atoms with Gasteiger partial charge in [-0.25, -0.2) is 0 Å². The molecule has 68 valence electrons. The SMILES string of the molecule is CC.CCC1(OC)CCOC1. The molecule has 0 spiro atoms. The number of hydrogen-bond donors (Lipinski definition) is 0. The Hall–Kier alpha value is -0.0800. The van der Waals surface area contributed by atoms with E-state index in [1.165, 1.54) is 0 Å². The molecule has 1 saturated heterocycles. The molecule has 0 aromatic carbocycles. The van der Waals surface area contributed by atoms with Crippen molar-refractivity contribution in [2.75, 3.05) is 20.3 Å². The predicted octanol–water partition coefficient (Wildman–Crippen LogP) is 2.23. The minimum absolute atomic E-state index is 0.0556. The highest BCUT2D eigenvalue weighted by Crippen LogP contribution is 2.25. The van der Waals surface area contributed by atoms with E-state index in [4.69, 9.17) is 9.47 Å². The first-order valence-corrected chi connectivity index (χ1v) is 4.46. The Labute approximate surface area is 69.9 Å². The van der Waals surface area contributed by atoms with Gasteiger partial charge in [0.05, 0.1) is 12.2 Å². The summed E-state index contributed by atoms with van der Waals surface area (Å²) in [6, 6.07) is 0. The first-order valence-electron chi connectivity index (χ1n) is 4.46. The van der Waals surface area contributed by atoms with Crippen LogP contribution in [0.1, 0.15) is 33.6 Å². The van der Waals surface area contributed by atoms with E-state index in [1.807, 2.05) is 13.8 Å². The van der Waals surface area contributed by atoms with Crippen LogP contribution in [0.25, 0.3) is 0 Å². The Morgan fingerprint density at radius 1 is 1.45 bits per heavy atom. The maximum absolute atomic E-state index is 5.32. The molecule has 0 bridgehead atoms. The molecule has 1 atom stereocenters. The topological polar surface area (TPSA) is 18.5 Å². The van der Waals surface area contributed by atoms with Gasteiger partial charge in [-0.2, -0.15) is 0 Å². The summed E-state index contributed by atoms with van der Waals surface area (Å²) >= 11 is 0. The van der Waals surface area contributed by atoms with Crippen LogP contribution in [0, 0.1) is 0 Å². The monoisotopic (exact) mass is 160 g/mol. The third-order valence-corrected chi connectivity index (χ3v) is 2.14. The van der Waals surface area contributed by atoms with E-state index in [-0.39, 0.29) is 5.60 Å². The van der Waals surface area contributed by atoms with Crippen LogP contribution in [0.5, 0.6) is 0 Å². The van der Waals surface area contributed by atoms with E-state index in [9.17, 15) is 0 Å². The second-order valence-corrected chi connectivity index (χ2v) is 2.54. The lowest BCUT2D eigenvalue weighted by Gasteiger charge is -2.23. The molecule has 2 heteroatoms. The molecular weight excluding hydrogens is 140 g/mol. The van der Waals surface area contributed by atoms with Crippen molar-refractivity contribution in [1.29, 1.82) is 0 Å². The van der Waals surface area contributed by atoms with Crippen molar-refractivity contribution in [1.82, 2.24) is 0 Å². The smallest absolute Gasteiger partial charge is 0.0930 e. The minimum atomic E-state index is 0.0556. The van der Waals surface area contributed by atoms with E-state index in [2.05, 4.69) is 6.92 Å². The van der Waals surface area contributed by atoms with Gasteiger partial charge in [0.15, 0.2) is 0 Å². The highest BCUT2D eigenvalue weighted by molar-refractivity contribution is 4.82. The van der Waals surface area contributed by atoms with Crippen molar-refractivity contribution in [2.24, 2.45) is 0 Å². The Bertz CT molecular complexity index is 79.6. The van der Waals surface area contributed by atoms with E-state index in [0.29, 0.717) is 0 Å². The molecule has 1 aliphatic rings. The van der Waals surface area contributed by atoms with Crippen LogP contribution in [0.3, 0.4) is 0 Å². The molecule has 0 aromatic rings. The first kappa shape index (κ1) is 10.9. The van der Waals surface area contributed by atoms with Gasteiger partial charge in [0.1, 0.15) is 0 Å². The largest absolute Gasteiger partial charge is 0.378 e. The number of hydrogen-bond acceptors (Lipinski definition) is 2. The van der Waals surface area contributed by atoms with Gasteiger partial charge in [0.2, 0.25) is 0 Å². The van der Waals surface area contributed by atoms with Crippen molar-refractivity contribution < 1.29 is 9.47 Å². The van der Waals surface area contributed by atoms with Crippen molar-refractivity contribution >= 4 is 0 Å². The van der Waals surface area contributed by atoms with Gasteiger partial charge in [-0.1, -0.05) is 20.8 Å². The van der Waals surface area contributed by atoms with Crippen LogP contribution in [0.2, 0.25) is 0 Å².